The van der Waals surface area contributed by atoms with Gasteiger partial charge in [0.2, 0.25) is 5.91 Å². The van der Waals surface area contributed by atoms with Crippen LogP contribution in [0.5, 0.6) is 5.75 Å². The highest BCUT2D eigenvalue weighted by Gasteiger charge is 2.44. The molecule has 6 unspecified atom stereocenters. The molecule has 0 saturated heterocycles. The molecule has 6 heteroatoms. The second kappa shape index (κ2) is 14.0. The fourth-order valence-corrected chi connectivity index (χ4v) is 5.56. The van der Waals surface area contributed by atoms with Gasteiger partial charge in [0.15, 0.2) is 0 Å². The number of aliphatic hydroxyl groups is 2. The number of benzene rings is 1. The van der Waals surface area contributed by atoms with Crippen molar-refractivity contribution in [2.45, 2.75) is 90.3 Å². The van der Waals surface area contributed by atoms with Gasteiger partial charge in [-0.25, -0.2) is 0 Å². The van der Waals surface area contributed by atoms with Crippen molar-refractivity contribution in [1.29, 1.82) is 0 Å². The van der Waals surface area contributed by atoms with E-state index in [1.807, 2.05) is 37.3 Å². The molecule has 0 bridgehead atoms. The zero-order valence-corrected chi connectivity index (χ0v) is 21.5. The van der Waals surface area contributed by atoms with Crippen molar-refractivity contribution in [2.75, 3.05) is 13.2 Å². The largest absolute Gasteiger partial charge is 0.491 e. The van der Waals surface area contributed by atoms with Gasteiger partial charge in [0.1, 0.15) is 18.1 Å². The van der Waals surface area contributed by atoms with Gasteiger partial charge >= 0.3 is 0 Å². The first kappa shape index (κ1) is 27.7. The minimum atomic E-state index is -0.655. The molecule has 2 aliphatic rings. The van der Waals surface area contributed by atoms with Crippen molar-refractivity contribution >= 4 is 11.7 Å². The molecule has 2 saturated carbocycles. The molecule has 1 aromatic rings. The van der Waals surface area contributed by atoms with Crippen LogP contribution in [-0.2, 0) is 9.59 Å². The van der Waals surface area contributed by atoms with E-state index in [0.29, 0.717) is 24.7 Å². The quantitative estimate of drug-likeness (QED) is 0.319. The van der Waals surface area contributed by atoms with Crippen LogP contribution in [0.3, 0.4) is 0 Å². The Labute approximate surface area is 210 Å². The van der Waals surface area contributed by atoms with E-state index in [-0.39, 0.29) is 42.5 Å². The van der Waals surface area contributed by atoms with Gasteiger partial charge in [-0.15, -0.1) is 0 Å². The minimum Gasteiger partial charge on any atom is -0.491 e. The summed E-state index contributed by atoms with van der Waals surface area (Å²) in [7, 11) is 0. The van der Waals surface area contributed by atoms with Gasteiger partial charge in [-0.2, -0.15) is 0 Å². The van der Waals surface area contributed by atoms with Crippen LogP contribution in [0.25, 0.3) is 0 Å². The normalized spacial score (nSPS) is 24.7. The van der Waals surface area contributed by atoms with Gasteiger partial charge in [-0.1, -0.05) is 51.3 Å². The summed E-state index contributed by atoms with van der Waals surface area (Å²) in [5.41, 5.74) is 0. The molecule has 6 atom stereocenters. The molecule has 3 N–H and O–H groups in total. The van der Waals surface area contributed by atoms with E-state index in [1.54, 1.807) is 0 Å². The Balaban J connectivity index is 1.35. The summed E-state index contributed by atoms with van der Waals surface area (Å²) in [6, 6.07) is 9.41. The zero-order valence-electron chi connectivity index (χ0n) is 21.5. The fraction of sp³-hybridized carbons (Fsp3) is 0.724. The van der Waals surface area contributed by atoms with Gasteiger partial charge < -0.3 is 20.3 Å². The Morgan fingerprint density at radius 2 is 1.86 bits per heavy atom. The highest BCUT2D eigenvalue weighted by molar-refractivity contribution is 5.84. The van der Waals surface area contributed by atoms with E-state index in [0.717, 1.165) is 44.4 Å². The maximum Gasteiger partial charge on any atom is 0.220 e. The average molecular weight is 488 g/mol. The number of hydrogen-bond donors (Lipinski definition) is 3. The molecule has 1 amide bonds. The molecule has 6 nitrogen and oxygen atoms in total. The lowest BCUT2D eigenvalue weighted by Crippen LogP contribution is -2.30. The highest BCUT2D eigenvalue weighted by Crippen LogP contribution is 2.39. The van der Waals surface area contributed by atoms with Crippen LogP contribution < -0.4 is 10.1 Å². The van der Waals surface area contributed by atoms with Crippen molar-refractivity contribution in [3.05, 3.63) is 30.3 Å². The van der Waals surface area contributed by atoms with E-state index in [4.69, 9.17) is 4.74 Å². The highest BCUT2D eigenvalue weighted by atomic mass is 16.5. The van der Waals surface area contributed by atoms with E-state index in [2.05, 4.69) is 12.2 Å². The SMILES string of the molecule is CC(CCCC(=O)NCC1CC1)CCCC1C(O)CC(=O)C1C(C)CC(O)COc1ccccc1. The molecule has 3 rings (SSSR count). The first-order valence-electron chi connectivity index (χ1n) is 13.7. The van der Waals surface area contributed by atoms with Crippen molar-refractivity contribution in [3.8, 4) is 5.75 Å². The third-order valence-electron chi connectivity index (χ3n) is 7.80. The molecule has 0 aromatic heterocycles. The molecule has 0 heterocycles. The van der Waals surface area contributed by atoms with E-state index in [9.17, 15) is 19.8 Å². The molecule has 0 aliphatic heterocycles. The van der Waals surface area contributed by atoms with Gasteiger partial charge in [0.25, 0.3) is 0 Å². The average Bonchev–Trinajstić information content (AvgIpc) is 3.61. The number of ether oxygens (including phenoxy) is 1. The van der Waals surface area contributed by atoms with E-state index in [1.165, 1.54) is 12.8 Å². The number of para-hydroxylation sites is 1. The number of hydrogen-bond acceptors (Lipinski definition) is 5. The lowest BCUT2D eigenvalue weighted by atomic mass is 9.78. The number of Topliss-reactive ketones (excluding diaryl/α,β-unsaturated/α-hetero) is 1. The van der Waals surface area contributed by atoms with Crippen LogP contribution >= 0.6 is 0 Å². The summed E-state index contributed by atoms with van der Waals surface area (Å²) in [5, 5.41) is 24.1. The maximum atomic E-state index is 12.7. The van der Waals surface area contributed by atoms with Crippen LogP contribution in [0.15, 0.2) is 30.3 Å². The van der Waals surface area contributed by atoms with Crippen molar-refractivity contribution in [1.82, 2.24) is 5.32 Å². The standard InChI is InChI=1S/C29H45NO5/c1-20(9-7-13-28(34)30-18-22-14-15-22)8-6-12-25-26(32)17-27(33)29(25)21(2)16-23(31)19-35-24-10-4-3-5-11-24/h3-5,10-11,20-23,25-26,29,31-32H,6-9,12-19H2,1-2H3,(H,30,34). The van der Waals surface area contributed by atoms with Gasteiger partial charge in [0.05, 0.1) is 12.2 Å². The Kier molecular flexibility index (Phi) is 11.1. The lowest BCUT2D eigenvalue weighted by molar-refractivity contribution is -0.123. The summed E-state index contributed by atoms with van der Waals surface area (Å²) < 4.78 is 5.66. The Morgan fingerprint density at radius 1 is 1.14 bits per heavy atom. The summed E-state index contributed by atoms with van der Waals surface area (Å²) >= 11 is 0. The molecule has 2 fully saturated rings. The second-order valence-corrected chi connectivity index (χ2v) is 11.1. The molecule has 2 aliphatic carbocycles. The second-order valence-electron chi connectivity index (χ2n) is 11.1. The molecule has 0 spiro atoms. The molecule has 0 radical (unpaired) electrons. The minimum absolute atomic E-state index is 0.00871. The zero-order chi connectivity index (χ0) is 25.2. The molecular formula is C29H45NO5. The molecule has 35 heavy (non-hydrogen) atoms. The molecule has 1 aromatic carbocycles. The van der Waals surface area contributed by atoms with Crippen LogP contribution in [0.4, 0.5) is 0 Å². The van der Waals surface area contributed by atoms with Gasteiger partial charge in [-0.3, -0.25) is 9.59 Å². The maximum absolute atomic E-state index is 12.7. The fourth-order valence-electron chi connectivity index (χ4n) is 5.56. The predicted octanol–water partition coefficient (Wildman–Crippen LogP) is 4.52. The number of aliphatic hydroxyl groups excluding tert-OH is 2. The number of rotatable bonds is 16. The Morgan fingerprint density at radius 3 is 2.57 bits per heavy atom. The Bertz CT molecular complexity index is 781. The first-order valence-corrected chi connectivity index (χ1v) is 13.7. The summed E-state index contributed by atoms with van der Waals surface area (Å²) in [4.78, 5) is 24.6. The third-order valence-corrected chi connectivity index (χ3v) is 7.80. The molecular weight excluding hydrogens is 442 g/mol. The van der Waals surface area contributed by atoms with Crippen LogP contribution in [0.1, 0.15) is 78.1 Å². The number of amides is 1. The third kappa shape index (κ3) is 9.57. The van der Waals surface area contributed by atoms with Crippen LogP contribution in [0.2, 0.25) is 0 Å². The monoisotopic (exact) mass is 487 g/mol. The van der Waals surface area contributed by atoms with Gasteiger partial charge in [-0.05, 0) is 67.9 Å². The predicted molar refractivity (Wildman–Crippen MR) is 137 cm³/mol. The Hall–Kier alpha value is -1.92. The smallest absolute Gasteiger partial charge is 0.220 e. The van der Waals surface area contributed by atoms with Gasteiger partial charge in [0, 0.05) is 25.3 Å². The number of ketones is 1. The van der Waals surface area contributed by atoms with Crippen molar-refractivity contribution in [2.24, 2.45) is 29.6 Å². The summed E-state index contributed by atoms with van der Waals surface area (Å²) in [6.45, 7) is 5.27. The van der Waals surface area contributed by atoms with Crippen molar-refractivity contribution in [3.63, 3.8) is 0 Å². The summed E-state index contributed by atoms with van der Waals surface area (Å²) in [6.07, 6.45) is 7.32. The van der Waals surface area contributed by atoms with Crippen LogP contribution in [0, 0.1) is 29.6 Å². The first-order chi connectivity index (χ1) is 16.8. The number of carbonyl (C=O) groups excluding carboxylic acids is 2. The van der Waals surface area contributed by atoms with Crippen LogP contribution in [-0.4, -0.2) is 47.3 Å². The van der Waals surface area contributed by atoms with E-state index >= 15 is 0 Å². The topological polar surface area (TPSA) is 95.9 Å². The lowest BCUT2D eigenvalue weighted by Gasteiger charge is -2.28. The molecule has 196 valence electrons. The van der Waals surface area contributed by atoms with E-state index < -0.39 is 12.2 Å². The van der Waals surface area contributed by atoms with Crippen molar-refractivity contribution < 1.29 is 24.5 Å². The number of nitrogens with one attached hydrogen (secondary N) is 1. The number of carbonyl (C=O) groups is 2. The summed E-state index contributed by atoms with van der Waals surface area (Å²) in [5.74, 6) is 1.99.